The van der Waals surface area contributed by atoms with Crippen LogP contribution in [0.3, 0.4) is 0 Å². The van der Waals surface area contributed by atoms with E-state index in [1.807, 2.05) is 42.5 Å². The molecule has 0 spiro atoms. The quantitative estimate of drug-likeness (QED) is 0.666. The molecule has 2 bridgehead atoms. The van der Waals surface area contributed by atoms with E-state index in [9.17, 15) is 0 Å². The number of fused-ring (bicyclic) bond motifs is 2. The Balaban J connectivity index is 2.05. The molecular formula is C14H12O2. The van der Waals surface area contributed by atoms with Gasteiger partial charge in [-0.3, -0.25) is 0 Å². The smallest absolute Gasteiger partial charge is 0.137 e. The van der Waals surface area contributed by atoms with Gasteiger partial charge in [0, 0.05) is 0 Å². The number of benzene rings is 1. The second kappa shape index (κ2) is 4.08. The van der Waals surface area contributed by atoms with Crippen LogP contribution in [0.2, 0.25) is 0 Å². The number of hydrogen-bond donors (Lipinski definition) is 0. The summed E-state index contributed by atoms with van der Waals surface area (Å²) in [5.74, 6) is 0. The minimum absolute atomic E-state index is 0.0867. The van der Waals surface area contributed by atoms with Crippen molar-refractivity contribution in [3.05, 3.63) is 66.3 Å². The zero-order valence-electron chi connectivity index (χ0n) is 8.74. The lowest BCUT2D eigenvalue weighted by molar-refractivity contribution is -0.318. The van der Waals surface area contributed by atoms with E-state index in [-0.39, 0.29) is 12.2 Å². The van der Waals surface area contributed by atoms with Gasteiger partial charge < -0.3 is 0 Å². The molecule has 0 N–H and O–H groups in total. The van der Waals surface area contributed by atoms with Gasteiger partial charge in [0.25, 0.3) is 0 Å². The Bertz CT molecular complexity index is 457. The predicted molar refractivity (Wildman–Crippen MR) is 62.4 cm³/mol. The van der Waals surface area contributed by atoms with E-state index in [0.717, 1.165) is 5.57 Å². The molecule has 1 aromatic rings. The van der Waals surface area contributed by atoms with Crippen LogP contribution in [0.1, 0.15) is 5.56 Å². The summed E-state index contributed by atoms with van der Waals surface area (Å²) in [6.07, 6.45) is 9.84. The Morgan fingerprint density at radius 3 is 2.56 bits per heavy atom. The lowest BCUT2D eigenvalue weighted by Crippen LogP contribution is -2.24. The summed E-state index contributed by atoms with van der Waals surface area (Å²) in [6.45, 7) is 0. The van der Waals surface area contributed by atoms with Crippen LogP contribution in [0.4, 0.5) is 0 Å². The van der Waals surface area contributed by atoms with Crippen molar-refractivity contribution in [3.63, 3.8) is 0 Å². The third-order valence-electron chi connectivity index (χ3n) is 2.73. The van der Waals surface area contributed by atoms with Gasteiger partial charge in [-0.2, -0.15) is 0 Å². The van der Waals surface area contributed by atoms with Crippen LogP contribution in [0.25, 0.3) is 5.57 Å². The Kier molecular flexibility index (Phi) is 2.44. The maximum Gasteiger partial charge on any atom is 0.137 e. The first-order valence-corrected chi connectivity index (χ1v) is 5.38. The molecule has 1 aromatic carbocycles. The highest BCUT2D eigenvalue weighted by Gasteiger charge is 2.23. The minimum Gasteiger partial charge on any atom is -0.224 e. The summed E-state index contributed by atoms with van der Waals surface area (Å²) in [7, 11) is 0. The molecular weight excluding hydrogens is 200 g/mol. The SMILES string of the molecule is C1=C(c2ccccc2)C2/C=C\C=C/C1OO2. The van der Waals surface area contributed by atoms with E-state index in [0.29, 0.717) is 0 Å². The van der Waals surface area contributed by atoms with Crippen molar-refractivity contribution in [2.45, 2.75) is 12.2 Å². The van der Waals surface area contributed by atoms with Gasteiger partial charge in [-0.25, -0.2) is 9.78 Å². The van der Waals surface area contributed by atoms with Crippen molar-refractivity contribution in [1.82, 2.24) is 0 Å². The average molecular weight is 212 g/mol. The first-order valence-electron chi connectivity index (χ1n) is 5.38. The van der Waals surface area contributed by atoms with Crippen LogP contribution < -0.4 is 0 Å². The molecule has 3 aliphatic rings. The third kappa shape index (κ3) is 1.73. The van der Waals surface area contributed by atoms with Crippen molar-refractivity contribution >= 4 is 5.57 Å². The fourth-order valence-electron chi connectivity index (χ4n) is 1.93. The van der Waals surface area contributed by atoms with E-state index in [4.69, 9.17) is 9.78 Å². The largest absolute Gasteiger partial charge is 0.224 e. The third-order valence-corrected chi connectivity index (χ3v) is 2.73. The highest BCUT2D eigenvalue weighted by atomic mass is 17.2. The first kappa shape index (κ1) is 9.58. The normalized spacial score (nSPS) is 31.4. The molecule has 2 aliphatic heterocycles. The summed E-state index contributed by atoms with van der Waals surface area (Å²) in [4.78, 5) is 10.6. The maximum absolute atomic E-state index is 5.34. The highest BCUT2D eigenvalue weighted by Crippen LogP contribution is 2.28. The lowest BCUT2D eigenvalue weighted by Gasteiger charge is -2.26. The molecule has 2 heteroatoms. The summed E-state index contributed by atoms with van der Waals surface area (Å²) in [5, 5.41) is 0. The van der Waals surface area contributed by atoms with Gasteiger partial charge in [0.05, 0.1) is 0 Å². The molecule has 2 atom stereocenters. The van der Waals surface area contributed by atoms with Crippen LogP contribution >= 0.6 is 0 Å². The highest BCUT2D eigenvalue weighted by molar-refractivity contribution is 5.72. The van der Waals surface area contributed by atoms with Gasteiger partial charge in [-0.1, -0.05) is 42.5 Å². The van der Waals surface area contributed by atoms with Gasteiger partial charge in [-0.05, 0) is 29.4 Å². The van der Waals surface area contributed by atoms with E-state index < -0.39 is 0 Å². The second-order valence-electron chi connectivity index (χ2n) is 3.84. The van der Waals surface area contributed by atoms with Crippen molar-refractivity contribution in [3.8, 4) is 0 Å². The minimum atomic E-state index is -0.108. The van der Waals surface area contributed by atoms with Crippen LogP contribution in [0, 0.1) is 0 Å². The molecule has 2 nitrogen and oxygen atoms in total. The zero-order valence-corrected chi connectivity index (χ0v) is 8.74. The van der Waals surface area contributed by atoms with E-state index in [1.54, 1.807) is 0 Å². The van der Waals surface area contributed by atoms with Gasteiger partial charge in [-0.15, -0.1) is 0 Å². The monoisotopic (exact) mass is 212 g/mol. The predicted octanol–water partition coefficient (Wildman–Crippen LogP) is 2.90. The van der Waals surface area contributed by atoms with Gasteiger partial charge in [0.1, 0.15) is 12.2 Å². The average Bonchev–Trinajstić information content (AvgIpc) is 2.30. The molecule has 2 unspecified atom stereocenters. The molecule has 0 aromatic heterocycles. The Morgan fingerprint density at radius 2 is 1.69 bits per heavy atom. The van der Waals surface area contributed by atoms with Crippen molar-refractivity contribution < 1.29 is 9.78 Å². The molecule has 1 aliphatic carbocycles. The summed E-state index contributed by atoms with van der Waals surface area (Å²) >= 11 is 0. The lowest BCUT2D eigenvalue weighted by atomic mass is 9.96. The Labute approximate surface area is 94.4 Å². The second-order valence-corrected chi connectivity index (χ2v) is 3.84. The molecule has 4 rings (SSSR count). The summed E-state index contributed by atoms with van der Waals surface area (Å²) < 4.78 is 0. The van der Waals surface area contributed by atoms with Crippen LogP contribution in [0.5, 0.6) is 0 Å². The fraction of sp³-hybridized carbons (Fsp3) is 0.143. The fourth-order valence-corrected chi connectivity index (χ4v) is 1.93. The standard InChI is InChI=1S/C14H12O2/c1-2-6-11(7-3-1)13-10-12-8-4-5-9-14(13)16-15-12/h1-10,12,14H/b8-4-,9-5-. The van der Waals surface area contributed by atoms with Crippen molar-refractivity contribution in [2.24, 2.45) is 0 Å². The molecule has 16 heavy (non-hydrogen) atoms. The Hall–Kier alpha value is -1.64. The molecule has 2 heterocycles. The van der Waals surface area contributed by atoms with Crippen LogP contribution in [-0.4, -0.2) is 12.2 Å². The summed E-state index contributed by atoms with van der Waals surface area (Å²) in [6, 6.07) is 10.2. The maximum atomic E-state index is 5.34. The molecule has 80 valence electrons. The van der Waals surface area contributed by atoms with E-state index in [1.165, 1.54) is 5.56 Å². The van der Waals surface area contributed by atoms with Gasteiger partial charge in [0.2, 0.25) is 0 Å². The number of rotatable bonds is 1. The van der Waals surface area contributed by atoms with E-state index in [2.05, 4.69) is 18.2 Å². The zero-order chi connectivity index (χ0) is 10.8. The van der Waals surface area contributed by atoms with Crippen molar-refractivity contribution in [1.29, 1.82) is 0 Å². The molecule has 0 amide bonds. The topological polar surface area (TPSA) is 18.5 Å². The molecule has 0 saturated heterocycles. The molecule has 0 saturated carbocycles. The van der Waals surface area contributed by atoms with Crippen molar-refractivity contribution in [2.75, 3.05) is 0 Å². The first-order chi connectivity index (χ1) is 7.93. The molecule has 0 radical (unpaired) electrons. The number of hydrogen-bond acceptors (Lipinski definition) is 2. The van der Waals surface area contributed by atoms with Crippen LogP contribution in [0.15, 0.2) is 60.7 Å². The Morgan fingerprint density at radius 1 is 0.875 bits per heavy atom. The summed E-state index contributed by atoms with van der Waals surface area (Å²) in [5.41, 5.74) is 2.35. The van der Waals surface area contributed by atoms with E-state index >= 15 is 0 Å². The van der Waals surface area contributed by atoms with Gasteiger partial charge in [0.15, 0.2) is 0 Å². The van der Waals surface area contributed by atoms with Gasteiger partial charge >= 0.3 is 0 Å². The van der Waals surface area contributed by atoms with Crippen LogP contribution in [-0.2, 0) is 9.78 Å². The molecule has 0 fully saturated rings. The number of allylic oxidation sites excluding steroid dienone is 2.